The van der Waals surface area contributed by atoms with Gasteiger partial charge in [-0.3, -0.25) is 9.59 Å². The summed E-state index contributed by atoms with van der Waals surface area (Å²) in [5, 5.41) is 24.5. The van der Waals surface area contributed by atoms with Gasteiger partial charge in [0.25, 0.3) is 5.91 Å². The molecule has 1 fully saturated rings. The molecule has 8 N–H and O–H groups in total. The molecule has 2 atom stereocenters. The first-order chi connectivity index (χ1) is 16.9. The van der Waals surface area contributed by atoms with Gasteiger partial charge in [-0.2, -0.15) is 0 Å². The third-order valence-corrected chi connectivity index (χ3v) is 6.06. The predicted octanol–water partition coefficient (Wildman–Crippen LogP) is 2.35. The van der Waals surface area contributed by atoms with Crippen LogP contribution in [0.15, 0.2) is 48.8 Å². The molecule has 1 aliphatic rings. The molecule has 0 saturated heterocycles. The Morgan fingerprint density at radius 2 is 1.94 bits per heavy atom. The van der Waals surface area contributed by atoms with Gasteiger partial charge in [0.1, 0.15) is 12.1 Å². The summed E-state index contributed by atoms with van der Waals surface area (Å²) in [6.45, 7) is -0.0854. The van der Waals surface area contributed by atoms with E-state index in [4.69, 9.17) is 16.9 Å². The molecule has 0 spiro atoms. The lowest BCUT2D eigenvalue weighted by molar-refractivity contribution is -0.117. The minimum atomic E-state index is -0.787. The lowest BCUT2D eigenvalue weighted by Crippen LogP contribution is -2.37. The summed E-state index contributed by atoms with van der Waals surface area (Å²) in [7, 11) is 0. The molecular formula is C25H29N7O3. The third kappa shape index (κ3) is 5.79. The number of aliphatic hydroxyl groups is 1. The summed E-state index contributed by atoms with van der Waals surface area (Å²) >= 11 is 0. The number of primary amides is 1. The first-order valence-electron chi connectivity index (χ1n) is 11.5. The molecule has 35 heavy (non-hydrogen) atoms. The van der Waals surface area contributed by atoms with Crippen LogP contribution in [0.25, 0.3) is 10.9 Å². The number of nitrogens with one attached hydrogen (secondary N) is 3. The van der Waals surface area contributed by atoms with Crippen LogP contribution in [0.1, 0.15) is 47.6 Å². The van der Waals surface area contributed by atoms with Crippen LogP contribution in [0.5, 0.6) is 0 Å². The Kier molecular flexibility index (Phi) is 7.33. The van der Waals surface area contributed by atoms with Crippen molar-refractivity contribution in [2.75, 3.05) is 17.2 Å². The van der Waals surface area contributed by atoms with Crippen LogP contribution < -0.4 is 22.1 Å². The lowest BCUT2D eigenvalue weighted by Gasteiger charge is -2.21. The molecule has 1 saturated carbocycles. The van der Waals surface area contributed by atoms with Gasteiger partial charge in [-0.15, -0.1) is 0 Å². The summed E-state index contributed by atoms with van der Waals surface area (Å²) < 4.78 is 0. The van der Waals surface area contributed by atoms with E-state index >= 15 is 0 Å². The van der Waals surface area contributed by atoms with Crippen LogP contribution in [-0.2, 0) is 4.79 Å². The summed E-state index contributed by atoms with van der Waals surface area (Å²) in [6.07, 6.45) is 3.97. The Balaban J connectivity index is 1.53. The van der Waals surface area contributed by atoms with E-state index in [0.717, 1.165) is 18.4 Å². The van der Waals surface area contributed by atoms with Gasteiger partial charge in [-0.1, -0.05) is 18.2 Å². The molecule has 0 aliphatic heterocycles. The van der Waals surface area contributed by atoms with Crippen LogP contribution >= 0.6 is 0 Å². The third-order valence-electron chi connectivity index (χ3n) is 6.06. The number of hydrogen-bond acceptors (Lipinski definition) is 8. The minimum absolute atomic E-state index is 0.0854. The smallest absolute Gasteiger partial charge is 0.250 e. The second kappa shape index (κ2) is 10.6. The first-order valence-corrected chi connectivity index (χ1v) is 11.5. The van der Waals surface area contributed by atoms with Gasteiger partial charge in [-0.25, -0.2) is 9.97 Å². The number of nitrogens with two attached hydrogens (primary N) is 2. The maximum absolute atomic E-state index is 12.6. The highest BCUT2D eigenvalue weighted by atomic mass is 16.3. The Morgan fingerprint density at radius 3 is 2.66 bits per heavy atom. The van der Waals surface area contributed by atoms with Gasteiger partial charge in [-0.05, 0) is 55.0 Å². The molecule has 10 heteroatoms. The average molecular weight is 476 g/mol. The van der Waals surface area contributed by atoms with E-state index in [9.17, 15) is 14.7 Å². The normalized spacial score (nSPS) is 14.8. The molecule has 3 aromatic rings. The minimum Gasteiger partial charge on any atom is -0.396 e. The number of para-hydroxylation sites is 1. The van der Waals surface area contributed by atoms with E-state index in [1.54, 1.807) is 30.3 Å². The molecule has 4 rings (SSSR count). The summed E-state index contributed by atoms with van der Waals surface area (Å²) in [4.78, 5) is 32.9. The van der Waals surface area contributed by atoms with Crippen molar-refractivity contribution in [1.29, 1.82) is 5.41 Å². The lowest BCUT2D eigenvalue weighted by atomic mass is 10.0. The highest BCUT2D eigenvalue weighted by Crippen LogP contribution is 2.31. The fraction of sp³-hybridized carbons (Fsp3) is 0.320. The Hall–Kier alpha value is -3.89. The Morgan fingerprint density at radius 1 is 1.17 bits per heavy atom. The summed E-state index contributed by atoms with van der Waals surface area (Å²) in [5.74, 6) is -0.160. The molecule has 10 nitrogen and oxygen atoms in total. The van der Waals surface area contributed by atoms with Crippen LogP contribution in [0, 0.1) is 11.3 Å². The van der Waals surface area contributed by atoms with E-state index in [1.165, 1.54) is 6.33 Å². The Bertz CT molecular complexity index is 1260. The zero-order valence-electron chi connectivity index (χ0n) is 19.2. The van der Waals surface area contributed by atoms with Crippen molar-refractivity contribution < 1.29 is 14.7 Å². The molecule has 2 amide bonds. The van der Waals surface area contributed by atoms with Crippen molar-refractivity contribution in [3.05, 3.63) is 59.9 Å². The highest BCUT2D eigenvalue weighted by molar-refractivity contribution is 6.07. The van der Waals surface area contributed by atoms with Crippen LogP contribution in [0.3, 0.4) is 0 Å². The second-order valence-electron chi connectivity index (χ2n) is 8.72. The number of hydrogen-bond donors (Lipinski definition) is 6. The van der Waals surface area contributed by atoms with E-state index < -0.39 is 11.9 Å². The number of amides is 2. The number of carbonyl (C=O) groups is 2. The fourth-order valence-corrected chi connectivity index (χ4v) is 4.01. The molecule has 1 aliphatic carbocycles. The number of nitrogens with zero attached hydrogens (tertiary/aromatic N) is 2. The van der Waals surface area contributed by atoms with Crippen molar-refractivity contribution in [3.8, 4) is 0 Å². The monoisotopic (exact) mass is 475 g/mol. The van der Waals surface area contributed by atoms with Crippen LogP contribution in [0.2, 0.25) is 0 Å². The topological polar surface area (TPSA) is 180 Å². The average Bonchev–Trinajstić information content (AvgIpc) is 3.69. The fourth-order valence-electron chi connectivity index (χ4n) is 4.01. The summed E-state index contributed by atoms with van der Waals surface area (Å²) in [6, 6.07) is 11.2. The SMILES string of the molecule is N=C(CC(N)C(=O)Nc1cccc(C(CCO)Nc2ncnc3c(C(N)=O)cccc23)c1)C1CC1. The standard InChI is InChI=1S/C25H29N7O3/c26-19(14-7-8-14)12-20(27)25(35)31-16-4-1-3-15(11-16)21(9-10-33)32-24-18-6-2-5-17(23(28)34)22(18)29-13-30-24/h1-6,11,13-14,20-21,26,33H,7-10,12,27H2,(H2,28,34)(H,31,35)(H,29,30,32). The number of carbonyl (C=O) groups excluding carboxylic acids is 2. The number of benzene rings is 2. The Labute approximate surface area is 202 Å². The van der Waals surface area contributed by atoms with Gasteiger partial charge < -0.3 is 32.6 Å². The largest absolute Gasteiger partial charge is 0.396 e. The first kappa shape index (κ1) is 24.2. The number of aliphatic hydroxyl groups excluding tert-OH is 1. The molecule has 2 unspecified atom stereocenters. The van der Waals surface area contributed by atoms with Crippen molar-refractivity contribution >= 4 is 39.9 Å². The molecule has 2 aromatic carbocycles. The van der Waals surface area contributed by atoms with Crippen molar-refractivity contribution in [3.63, 3.8) is 0 Å². The van der Waals surface area contributed by atoms with Crippen LogP contribution in [-0.4, -0.2) is 45.2 Å². The van der Waals surface area contributed by atoms with Gasteiger partial charge in [0, 0.05) is 29.8 Å². The van der Waals surface area contributed by atoms with Gasteiger partial charge >= 0.3 is 0 Å². The van der Waals surface area contributed by atoms with E-state index in [1.807, 2.05) is 12.1 Å². The van der Waals surface area contributed by atoms with Crippen LogP contribution in [0.4, 0.5) is 11.5 Å². The molecule has 1 aromatic heterocycles. The maximum atomic E-state index is 12.6. The van der Waals surface area contributed by atoms with Crippen molar-refractivity contribution in [2.45, 2.75) is 37.8 Å². The zero-order valence-corrected chi connectivity index (χ0v) is 19.2. The zero-order chi connectivity index (χ0) is 24.9. The number of aromatic nitrogens is 2. The van der Waals surface area contributed by atoms with E-state index in [0.29, 0.717) is 40.1 Å². The molecular weight excluding hydrogens is 446 g/mol. The number of anilines is 2. The van der Waals surface area contributed by atoms with Gasteiger partial charge in [0.15, 0.2) is 0 Å². The van der Waals surface area contributed by atoms with Crippen molar-refractivity contribution in [1.82, 2.24) is 9.97 Å². The highest BCUT2D eigenvalue weighted by Gasteiger charge is 2.29. The molecule has 0 bridgehead atoms. The van der Waals surface area contributed by atoms with E-state index in [2.05, 4.69) is 20.6 Å². The molecule has 182 valence electrons. The number of fused-ring (bicyclic) bond motifs is 1. The number of rotatable bonds is 11. The second-order valence-corrected chi connectivity index (χ2v) is 8.72. The van der Waals surface area contributed by atoms with Gasteiger partial charge in [0.05, 0.1) is 23.2 Å². The molecule has 0 radical (unpaired) electrons. The van der Waals surface area contributed by atoms with E-state index in [-0.39, 0.29) is 30.9 Å². The van der Waals surface area contributed by atoms with Gasteiger partial charge in [0.2, 0.25) is 5.91 Å². The summed E-state index contributed by atoms with van der Waals surface area (Å²) in [5.41, 5.74) is 14.1. The maximum Gasteiger partial charge on any atom is 0.250 e. The quantitative estimate of drug-likeness (QED) is 0.230. The predicted molar refractivity (Wildman–Crippen MR) is 134 cm³/mol. The molecule has 1 heterocycles. The van der Waals surface area contributed by atoms with Crippen molar-refractivity contribution in [2.24, 2.45) is 17.4 Å².